The molecule has 2 aromatic carbocycles. The first-order valence-corrected chi connectivity index (χ1v) is 8.28. The molecule has 0 aliphatic carbocycles. The number of nitrogens with one attached hydrogen (secondary N) is 2. The zero-order valence-corrected chi connectivity index (χ0v) is 17.2. The highest BCUT2D eigenvalue weighted by Gasteiger charge is 2.11. The molecular formula is C19H23FIN3O2. The molecular weight excluding hydrogens is 448 g/mol. The van der Waals surface area contributed by atoms with E-state index < -0.39 is 0 Å². The molecule has 0 aromatic heterocycles. The largest absolute Gasteiger partial charge is 0.490 e. The normalized spacial score (nSPS) is 13.4. The Morgan fingerprint density at radius 2 is 1.88 bits per heavy atom. The molecule has 2 aromatic rings. The van der Waals surface area contributed by atoms with E-state index in [2.05, 4.69) is 15.6 Å². The number of fused-ring (bicyclic) bond motifs is 1. The van der Waals surface area contributed by atoms with Gasteiger partial charge < -0.3 is 20.1 Å². The van der Waals surface area contributed by atoms with Crippen molar-refractivity contribution in [2.45, 2.75) is 19.9 Å². The van der Waals surface area contributed by atoms with Gasteiger partial charge in [-0.15, -0.1) is 24.0 Å². The molecule has 0 unspecified atom stereocenters. The summed E-state index contributed by atoms with van der Waals surface area (Å²) in [6.45, 7) is 3.61. The van der Waals surface area contributed by atoms with Crippen LogP contribution in [0.2, 0.25) is 0 Å². The second kappa shape index (κ2) is 9.61. The van der Waals surface area contributed by atoms with Crippen molar-refractivity contribution >= 4 is 35.6 Å². The Labute approximate surface area is 170 Å². The lowest BCUT2D eigenvalue weighted by molar-refractivity contribution is 0.297. The van der Waals surface area contributed by atoms with Gasteiger partial charge in [-0.3, -0.25) is 4.99 Å². The van der Waals surface area contributed by atoms with Gasteiger partial charge in [0.15, 0.2) is 17.5 Å². The molecule has 7 heteroatoms. The molecule has 0 bridgehead atoms. The van der Waals surface area contributed by atoms with E-state index in [-0.39, 0.29) is 29.8 Å². The Bertz CT molecular complexity index is 783. The monoisotopic (exact) mass is 471 g/mol. The molecule has 0 radical (unpaired) electrons. The third kappa shape index (κ3) is 5.23. The van der Waals surface area contributed by atoms with Gasteiger partial charge >= 0.3 is 0 Å². The quantitative estimate of drug-likeness (QED) is 0.402. The molecule has 0 atom stereocenters. The van der Waals surface area contributed by atoms with Gasteiger partial charge in [-0.25, -0.2) is 4.39 Å². The van der Waals surface area contributed by atoms with Gasteiger partial charge in [-0.05, 0) is 36.2 Å². The number of aliphatic imine (C=N–C) groups is 1. The lowest BCUT2D eigenvalue weighted by atomic mass is 10.1. The summed E-state index contributed by atoms with van der Waals surface area (Å²) in [5.41, 5.74) is 2.47. The lowest BCUT2D eigenvalue weighted by Gasteiger charge is -2.14. The summed E-state index contributed by atoms with van der Waals surface area (Å²) in [5, 5.41) is 6.44. The van der Waals surface area contributed by atoms with E-state index in [1.165, 1.54) is 6.07 Å². The SMILES string of the molecule is CN=C(NCc1ccc(F)c(C)c1)Nc1ccc2c(c1)OCCCO2.I. The number of nitrogens with zero attached hydrogens (tertiary/aromatic N) is 1. The molecule has 1 aliphatic rings. The first-order valence-electron chi connectivity index (χ1n) is 8.28. The molecule has 2 N–H and O–H groups in total. The third-order valence-corrected chi connectivity index (χ3v) is 3.92. The Kier molecular flexibility index (Phi) is 7.50. The first-order chi connectivity index (χ1) is 12.2. The van der Waals surface area contributed by atoms with Gasteiger partial charge in [0.25, 0.3) is 0 Å². The maximum absolute atomic E-state index is 13.3. The Balaban J connectivity index is 0.00000243. The summed E-state index contributed by atoms with van der Waals surface area (Å²) in [4.78, 5) is 4.22. The smallest absolute Gasteiger partial charge is 0.195 e. The van der Waals surface area contributed by atoms with Crippen LogP contribution in [0.1, 0.15) is 17.5 Å². The standard InChI is InChI=1S/C19H22FN3O2.HI/c1-13-10-14(4-6-16(13)20)12-22-19(21-2)23-15-5-7-17-18(11-15)25-9-3-8-24-17;/h4-7,10-11H,3,8-9,12H2,1-2H3,(H2,21,22,23);1H. The minimum atomic E-state index is -0.196. The lowest BCUT2D eigenvalue weighted by Crippen LogP contribution is -2.30. The van der Waals surface area contributed by atoms with Crippen LogP contribution in [0.4, 0.5) is 10.1 Å². The van der Waals surface area contributed by atoms with E-state index in [9.17, 15) is 4.39 Å². The van der Waals surface area contributed by atoms with E-state index in [0.717, 1.165) is 29.2 Å². The average molecular weight is 471 g/mol. The minimum Gasteiger partial charge on any atom is -0.490 e. The van der Waals surface area contributed by atoms with Gasteiger partial charge in [0, 0.05) is 31.8 Å². The maximum atomic E-state index is 13.3. The van der Waals surface area contributed by atoms with Gasteiger partial charge in [0.1, 0.15) is 5.82 Å². The molecule has 0 spiro atoms. The van der Waals surface area contributed by atoms with Crippen LogP contribution in [-0.4, -0.2) is 26.2 Å². The van der Waals surface area contributed by atoms with Crippen molar-refractivity contribution in [1.82, 2.24) is 5.32 Å². The highest BCUT2D eigenvalue weighted by Crippen LogP contribution is 2.32. The fourth-order valence-electron chi connectivity index (χ4n) is 2.56. The van der Waals surface area contributed by atoms with Gasteiger partial charge in [-0.2, -0.15) is 0 Å². The van der Waals surface area contributed by atoms with Crippen molar-refractivity contribution in [2.24, 2.45) is 4.99 Å². The predicted octanol–water partition coefficient (Wildman–Crippen LogP) is 4.10. The van der Waals surface area contributed by atoms with Gasteiger partial charge in [0.2, 0.25) is 0 Å². The third-order valence-electron chi connectivity index (χ3n) is 3.92. The zero-order chi connectivity index (χ0) is 17.6. The van der Waals surface area contributed by atoms with Crippen LogP contribution in [0, 0.1) is 12.7 Å². The first kappa shape index (κ1) is 20.3. The molecule has 5 nitrogen and oxygen atoms in total. The van der Waals surface area contributed by atoms with Crippen molar-refractivity contribution in [2.75, 3.05) is 25.6 Å². The van der Waals surface area contributed by atoms with Crippen molar-refractivity contribution < 1.29 is 13.9 Å². The van der Waals surface area contributed by atoms with Crippen LogP contribution >= 0.6 is 24.0 Å². The van der Waals surface area contributed by atoms with Crippen LogP contribution in [-0.2, 0) is 6.54 Å². The predicted molar refractivity (Wildman–Crippen MR) is 112 cm³/mol. The number of hydrogen-bond donors (Lipinski definition) is 2. The summed E-state index contributed by atoms with van der Waals surface area (Å²) < 4.78 is 24.7. The number of anilines is 1. The second-order valence-electron chi connectivity index (χ2n) is 5.85. The fourth-order valence-corrected chi connectivity index (χ4v) is 2.56. The number of ether oxygens (including phenoxy) is 2. The van der Waals surface area contributed by atoms with Crippen molar-refractivity contribution in [3.63, 3.8) is 0 Å². The van der Waals surface area contributed by atoms with Crippen LogP contribution in [0.3, 0.4) is 0 Å². The maximum Gasteiger partial charge on any atom is 0.195 e. The number of aryl methyl sites for hydroxylation is 1. The molecule has 0 saturated carbocycles. The molecule has 1 heterocycles. The summed E-state index contributed by atoms with van der Waals surface area (Å²) in [6.07, 6.45) is 0.873. The topological polar surface area (TPSA) is 54.9 Å². The summed E-state index contributed by atoms with van der Waals surface area (Å²) in [6, 6.07) is 10.8. The Morgan fingerprint density at radius 1 is 1.12 bits per heavy atom. The second-order valence-corrected chi connectivity index (χ2v) is 5.85. The van der Waals surface area contributed by atoms with E-state index in [0.29, 0.717) is 31.3 Å². The molecule has 0 amide bonds. The molecule has 1 aliphatic heterocycles. The van der Waals surface area contributed by atoms with E-state index in [1.54, 1.807) is 20.0 Å². The highest BCUT2D eigenvalue weighted by molar-refractivity contribution is 14.0. The zero-order valence-electron chi connectivity index (χ0n) is 14.8. The van der Waals surface area contributed by atoms with Crippen LogP contribution in [0.15, 0.2) is 41.4 Å². The number of hydrogen-bond acceptors (Lipinski definition) is 3. The summed E-state index contributed by atoms with van der Waals surface area (Å²) in [7, 11) is 1.70. The minimum absolute atomic E-state index is 0. The Morgan fingerprint density at radius 3 is 2.62 bits per heavy atom. The number of halogens is 2. The fraction of sp³-hybridized carbons (Fsp3) is 0.316. The van der Waals surface area contributed by atoms with Gasteiger partial charge in [-0.1, -0.05) is 12.1 Å². The van der Waals surface area contributed by atoms with Gasteiger partial charge in [0.05, 0.1) is 13.2 Å². The molecule has 0 fully saturated rings. The number of guanidine groups is 1. The summed E-state index contributed by atoms with van der Waals surface area (Å²) in [5.74, 6) is 1.91. The molecule has 0 saturated heterocycles. The van der Waals surface area contributed by atoms with Crippen LogP contribution in [0.25, 0.3) is 0 Å². The van der Waals surface area contributed by atoms with Crippen LogP contribution < -0.4 is 20.1 Å². The molecule has 3 rings (SSSR count). The number of benzene rings is 2. The van der Waals surface area contributed by atoms with E-state index in [1.807, 2.05) is 24.3 Å². The highest BCUT2D eigenvalue weighted by atomic mass is 127. The van der Waals surface area contributed by atoms with Crippen molar-refractivity contribution in [3.8, 4) is 11.5 Å². The van der Waals surface area contributed by atoms with E-state index >= 15 is 0 Å². The molecule has 26 heavy (non-hydrogen) atoms. The van der Waals surface area contributed by atoms with Crippen molar-refractivity contribution in [3.05, 3.63) is 53.3 Å². The van der Waals surface area contributed by atoms with E-state index in [4.69, 9.17) is 9.47 Å². The van der Waals surface area contributed by atoms with Crippen molar-refractivity contribution in [1.29, 1.82) is 0 Å². The number of rotatable bonds is 3. The Hall–Kier alpha value is -2.03. The summed E-state index contributed by atoms with van der Waals surface area (Å²) >= 11 is 0. The molecule has 140 valence electrons. The van der Waals surface area contributed by atoms with Crippen LogP contribution in [0.5, 0.6) is 11.5 Å². The average Bonchev–Trinajstić information content (AvgIpc) is 2.86.